The molecule has 1 aliphatic rings. The molecule has 1 N–H and O–H groups in total. The standard InChI is InChI=1S/C32H32N2O5/c1-3-33(4-2)18-11-19-34-29(23-13-10-16-25(20-23)38-24-14-6-5-7-15-24)28(31(36)32(34)37)30(35)27-21-22-12-8-9-17-26(22)39-27/h5-10,12-17,20-21,29,36H,3-4,11,18-19H2,1-2H3. The molecule has 3 aromatic carbocycles. The van der Waals surface area contributed by atoms with Crippen LogP contribution in [0.25, 0.3) is 11.0 Å². The number of aliphatic hydroxyl groups is 1. The second-order valence-electron chi connectivity index (χ2n) is 9.51. The predicted molar refractivity (Wildman–Crippen MR) is 150 cm³/mol. The summed E-state index contributed by atoms with van der Waals surface area (Å²) < 4.78 is 11.9. The molecule has 7 heteroatoms. The Morgan fingerprint density at radius 2 is 1.67 bits per heavy atom. The number of carbonyl (C=O) groups is 2. The first-order chi connectivity index (χ1) is 19.0. The van der Waals surface area contributed by atoms with E-state index in [1.165, 1.54) is 0 Å². The van der Waals surface area contributed by atoms with Crippen molar-refractivity contribution in [3.8, 4) is 11.5 Å². The van der Waals surface area contributed by atoms with Gasteiger partial charge in [0.2, 0.25) is 5.78 Å². The van der Waals surface area contributed by atoms with Gasteiger partial charge >= 0.3 is 0 Å². The molecule has 4 aromatic rings. The minimum atomic E-state index is -0.783. The highest BCUT2D eigenvalue weighted by molar-refractivity contribution is 6.16. The number of hydrogen-bond donors (Lipinski definition) is 1. The van der Waals surface area contributed by atoms with Crippen molar-refractivity contribution >= 4 is 22.7 Å². The highest BCUT2D eigenvalue weighted by atomic mass is 16.5. The number of ketones is 1. The molecule has 1 atom stereocenters. The highest BCUT2D eigenvalue weighted by Gasteiger charge is 2.44. The van der Waals surface area contributed by atoms with Crippen LogP contribution in [-0.2, 0) is 4.79 Å². The SMILES string of the molecule is CCN(CC)CCCN1C(=O)C(O)=C(C(=O)c2cc3ccccc3o2)C1c1cccc(Oc2ccccc2)c1. The number of hydrogen-bond acceptors (Lipinski definition) is 6. The molecule has 5 rings (SSSR count). The minimum Gasteiger partial charge on any atom is -0.503 e. The molecule has 200 valence electrons. The van der Waals surface area contributed by atoms with Crippen molar-refractivity contribution in [2.24, 2.45) is 0 Å². The number of ether oxygens (including phenoxy) is 1. The van der Waals surface area contributed by atoms with Crippen molar-refractivity contribution in [2.45, 2.75) is 26.3 Å². The van der Waals surface area contributed by atoms with E-state index in [9.17, 15) is 14.7 Å². The number of Topliss-reactive ketones (excluding diaryl/α,β-unsaturated/α-hetero) is 1. The van der Waals surface area contributed by atoms with Crippen molar-refractivity contribution < 1.29 is 23.8 Å². The Morgan fingerprint density at radius 3 is 2.41 bits per heavy atom. The van der Waals surface area contributed by atoms with E-state index in [-0.39, 0.29) is 11.3 Å². The van der Waals surface area contributed by atoms with E-state index in [1.54, 1.807) is 17.0 Å². The molecule has 0 fully saturated rings. The Bertz CT molecular complexity index is 1470. The first-order valence-electron chi connectivity index (χ1n) is 13.3. The molecule has 0 aliphatic carbocycles. The number of aliphatic hydroxyl groups excluding tert-OH is 1. The van der Waals surface area contributed by atoms with E-state index in [4.69, 9.17) is 9.15 Å². The Labute approximate surface area is 227 Å². The van der Waals surface area contributed by atoms with Crippen LogP contribution in [0.15, 0.2) is 101 Å². The number of carbonyl (C=O) groups excluding carboxylic acids is 2. The number of benzene rings is 3. The van der Waals surface area contributed by atoms with Crippen molar-refractivity contribution in [1.82, 2.24) is 9.80 Å². The zero-order valence-electron chi connectivity index (χ0n) is 22.2. The second-order valence-corrected chi connectivity index (χ2v) is 9.51. The summed E-state index contributed by atoms with van der Waals surface area (Å²) in [7, 11) is 0. The van der Waals surface area contributed by atoms with Crippen molar-refractivity contribution in [1.29, 1.82) is 0 Å². The van der Waals surface area contributed by atoms with Gasteiger partial charge in [0.05, 0.1) is 11.6 Å². The number of amides is 1. The fourth-order valence-electron chi connectivity index (χ4n) is 5.07. The van der Waals surface area contributed by atoms with Gasteiger partial charge in [-0.2, -0.15) is 0 Å². The van der Waals surface area contributed by atoms with Gasteiger partial charge in [0, 0.05) is 11.9 Å². The third-order valence-corrected chi connectivity index (χ3v) is 7.12. The Balaban J connectivity index is 1.51. The highest BCUT2D eigenvalue weighted by Crippen LogP contribution is 2.41. The zero-order chi connectivity index (χ0) is 27.4. The maximum atomic E-state index is 13.8. The minimum absolute atomic E-state index is 0.0127. The fourth-order valence-corrected chi connectivity index (χ4v) is 5.07. The maximum Gasteiger partial charge on any atom is 0.290 e. The largest absolute Gasteiger partial charge is 0.503 e. The Kier molecular flexibility index (Phi) is 7.79. The van der Waals surface area contributed by atoms with Gasteiger partial charge < -0.3 is 24.1 Å². The van der Waals surface area contributed by atoms with E-state index in [0.717, 1.165) is 25.0 Å². The first-order valence-corrected chi connectivity index (χ1v) is 13.3. The molecule has 2 heterocycles. The molecule has 1 aromatic heterocycles. The van der Waals surface area contributed by atoms with E-state index in [2.05, 4.69) is 18.7 Å². The van der Waals surface area contributed by atoms with Crippen LogP contribution in [-0.4, -0.2) is 52.8 Å². The number of furan rings is 1. The number of nitrogens with zero attached hydrogens (tertiary/aromatic N) is 2. The Morgan fingerprint density at radius 1 is 0.949 bits per heavy atom. The smallest absolute Gasteiger partial charge is 0.290 e. The van der Waals surface area contributed by atoms with Crippen LogP contribution in [0.5, 0.6) is 11.5 Å². The molecule has 1 amide bonds. The summed E-state index contributed by atoms with van der Waals surface area (Å²) in [6, 6.07) is 24.9. The van der Waals surface area contributed by atoms with Gasteiger partial charge in [-0.25, -0.2) is 0 Å². The first kappa shape index (κ1) is 26.3. The summed E-state index contributed by atoms with van der Waals surface area (Å²) in [6.45, 7) is 7.20. The van der Waals surface area contributed by atoms with Gasteiger partial charge in [-0.3, -0.25) is 9.59 Å². The summed E-state index contributed by atoms with van der Waals surface area (Å²) in [4.78, 5) is 31.1. The van der Waals surface area contributed by atoms with Crippen LogP contribution in [0.3, 0.4) is 0 Å². The molecular formula is C32H32N2O5. The van der Waals surface area contributed by atoms with Crippen molar-refractivity contribution in [3.05, 3.63) is 108 Å². The van der Waals surface area contributed by atoms with Crippen molar-refractivity contribution in [2.75, 3.05) is 26.2 Å². The van der Waals surface area contributed by atoms with E-state index in [1.807, 2.05) is 72.8 Å². The Hall–Kier alpha value is -4.36. The van der Waals surface area contributed by atoms with Crippen LogP contribution in [0.4, 0.5) is 0 Å². The van der Waals surface area contributed by atoms with Crippen LogP contribution >= 0.6 is 0 Å². The lowest BCUT2D eigenvalue weighted by Crippen LogP contribution is -2.34. The molecule has 0 spiro atoms. The normalized spacial score (nSPS) is 15.5. The molecule has 0 saturated heterocycles. The van der Waals surface area contributed by atoms with E-state index < -0.39 is 23.5 Å². The zero-order valence-corrected chi connectivity index (χ0v) is 22.2. The summed E-state index contributed by atoms with van der Waals surface area (Å²) in [6.07, 6.45) is 0.698. The van der Waals surface area contributed by atoms with E-state index in [0.29, 0.717) is 35.6 Å². The third kappa shape index (κ3) is 5.45. The van der Waals surface area contributed by atoms with Crippen molar-refractivity contribution in [3.63, 3.8) is 0 Å². The summed E-state index contributed by atoms with van der Waals surface area (Å²) in [5.74, 6) is -0.294. The van der Waals surface area contributed by atoms with Crippen LogP contribution < -0.4 is 4.74 Å². The quantitative estimate of drug-likeness (QED) is 0.225. The molecule has 0 bridgehead atoms. The van der Waals surface area contributed by atoms with Crippen LogP contribution in [0.1, 0.15) is 42.4 Å². The summed E-state index contributed by atoms with van der Waals surface area (Å²) >= 11 is 0. The van der Waals surface area contributed by atoms with Gasteiger partial charge in [-0.15, -0.1) is 0 Å². The summed E-state index contributed by atoms with van der Waals surface area (Å²) in [5.41, 5.74) is 1.25. The molecule has 0 radical (unpaired) electrons. The lowest BCUT2D eigenvalue weighted by molar-refractivity contribution is -0.129. The fraction of sp³-hybridized carbons (Fsp3) is 0.250. The number of para-hydroxylation sites is 2. The van der Waals surface area contributed by atoms with Gasteiger partial charge in [0.15, 0.2) is 11.5 Å². The lowest BCUT2D eigenvalue weighted by atomic mass is 9.94. The van der Waals surface area contributed by atoms with Gasteiger partial charge in [-0.1, -0.05) is 62.4 Å². The monoisotopic (exact) mass is 524 g/mol. The molecule has 39 heavy (non-hydrogen) atoms. The van der Waals surface area contributed by atoms with E-state index >= 15 is 0 Å². The molecule has 1 aliphatic heterocycles. The molecule has 1 unspecified atom stereocenters. The van der Waals surface area contributed by atoms with Crippen LogP contribution in [0, 0.1) is 0 Å². The molecule has 0 saturated carbocycles. The predicted octanol–water partition coefficient (Wildman–Crippen LogP) is 6.54. The third-order valence-electron chi connectivity index (χ3n) is 7.12. The summed E-state index contributed by atoms with van der Waals surface area (Å²) in [5, 5.41) is 11.8. The van der Waals surface area contributed by atoms with Gasteiger partial charge in [0.25, 0.3) is 5.91 Å². The molecular weight excluding hydrogens is 492 g/mol. The number of fused-ring (bicyclic) bond motifs is 1. The topological polar surface area (TPSA) is 83.2 Å². The number of rotatable bonds is 11. The van der Waals surface area contributed by atoms with Gasteiger partial charge in [-0.05, 0) is 68.0 Å². The van der Waals surface area contributed by atoms with Crippen LogP contribution in [0.2, 0.25) is 0 Å². The lowest BCUT2D eigenvalue weighted by Gasteiger charge is -2.28. The average Bonchev–Trinajstić information content (AvgIpc) is 3.51. The maximum absolute atomic E-state index is 13.8. The van der Waals surface area contributed by atoms with Gasteiger partial charge in [0.1, 0.15) is 17.1 Å². The molecule has 7 nitrogen and oxygen atoms in total. The average molecular weight is 525 g/mol. The second kappa shape index (κ2) is 11.6.